The van der Waals surface area contributed by atoms with Crippen molar-refractivity contribution in [2.75, 3.05) is 31.1 Å². The summed E-state index contributed by atoms with van der Waals surface area (Å²) < 4.78 is 28.7. The fourth-order valence-electron chi connectivity index (χ4n) is 3.35. The van der Waals surface area contributed by atoms with Crippen LogP contribution >= 0.6 is 15.9 Å². The first-order valence-electron chi connectivity index (χ1n) is 9.68. The number of carbonyl (C=O) groups excluding carboxylic acids is 2. The van der Waals surface area contributed by atoms with E-state index in [0.29, 0.717) is 26.2 Å². The molecule has 2 aromatic rings. The second-order valence-electron chi connectivity index (χ2n) is 7.44. The van der Waals surface area contributed by atoms with Gasteiger partial charge in [0.1, 0.15) is 29.1 Å². The number of aromatic nitrogens is 1. The summed E-state index contributed by atoms with van der Waals surface area (Å²) in [5, 5.41) is 2.52. The van der Waals surface area contributed by atoms with Crippen molar-refractivity contribution in [2.45, 2.75) is 19.9 Å². The normalized spacial score (nSPS) is 15.3. The Morgan fingerprint density at radius 3 is 2.23 bits per heavy atom. The van der Waals surface area contributed by atoms with Gasteiger partial charge in [0.05, 0.1) is 0 Å². The third-order valence-corrected chi connectivity index (χ3v) is 5.51. The van der Waals surface area contributed by atoms with Crippen molar-refractivity contribution in [3.05, 3.63) is 58.2 Å². The molecule has 6 nitrogen and oxygen atoms in total. The summed E-state index contributed by atoms with van der Waals surface area (Å²) in [6, 6.07) is 6.15. The number of halogens is 3. The van der Waals surface area contributed by atoms with Crippen LogP contribution in [0.15, 0.2) is 41.0 Å². The average Bonchev–Trinajstić information content (AvgIpc) is 2.72. The molecule has 1 saturated heterocycles. The van der Waals surface area contributed by atoms with E-state index in [9.17, 15) is 18.4 Å². The van der Waals surface area contributed by atoms with Crippen LogP contribution in [0.4, 0.5) is 14.6 Å². The van der Waals surface area contributed by atoms with Gasteiger partial charge >= 0.3 is 0 Å². The number of nitrogens with one attached hydrogen (secondary N) is 1. The number of amides is 2. The van der Waals surface area contributed by atoms with Gasteiger partial charge in [0.15, 0.2) is 0 Å². The fourth-order valence-corrected chi connectivity index (χ4v) is 3.58. The lowest BCUT2D eigenvalue weighted by Gasteiger charge is -2.37. The number of hydrogen-bond donors (Lipinski definition) is 1. The predicted octanol–water partition coefficient (Wildman–Crippen LogP) is 3.23. The molecule has 1 aliphatic rings. The molecule has 2 heterocycles. The molecular formula is C21H23BrF2N4O2. The Hall–Kier alpha value is -2.55. The van der Waals surface area contributed by atoms with Crippen LogP contribution in [-0.4, -0.2) is 53.9 Å². The Kier molecular flexibility index (Phi) is 7.02. The van der Waals surface area contributed by atoms with Gasteiger partial charge in [0.2, 0.25) is 5.91 Å². The highest BCUT2D eigenvalue weighted by Gasteiger charge is 2.32. The topological polar surface area (TPSA) is 65.5 Å². The third kappa shape index (κ3) is 4.95. The number of carbonyl (C=O) groups is 2. The first-order chi connectivity index (χ1) is 14.3. The molecule has 1 atom stereocenters. The number of pyridine rings is 1. The maximum atomic E-state index is 13.9. The van der Waals surface area contributed by atoms with Crippen LogP contribution in [-0.2, 0) is 4.79 Å². The molecule has 2 amide bonds. The molecule has 30 heavy (non-hydrogen) atoms. The quantitative estimate of drug-likeness (QED) is 0.713. The average molecular weight is 481 g/mol. The maximum absolute atomic E-state index is 13.9. The summed E-state index contributed by atoms with van der Waals surface area (Å²) >= 11 is 3.36. The molecule has 1 aromatic heterocycles. The van der Waals surface area contributed by atoms with Crippen molar-refractivity contribution < 1.29 is 18.4 Å². The number of hydrogen-bond acceptors (Lipinski definition) is 4. The van der Waals surface area contributed by atoms with Gasteiger partial charge in [-0.15, -0.1) is 0 Å². The minimum absolute atomic E-state index is 0.248. The number of nitrogens with zero attached hydrogens (tertiary/aromatic N) is 3. The second-order valence-corrected chi connectivity index (χ2v) is 8.35. The molecule has 0 saturated carbocycles. The van der Waals surface area contributed by atoms with Crippen molar-refractivity contribution >= 4 is 33.6 Å². The molecule has 9 heteroatoms. The lowest BCUT2D eigenvalue weighted by atomic mass is 10.0. The Labute approximate surface area is 182 Å². The summed E-state index contributed by atoms with van der Waals surface area (Å²) in [7, 11) is 0. The molecule has 0 bridgehead atoms. The zero-order valence-corrected chi connectivity index (χ0v) is 18.3. The monoisotopic (exact) mass is 480 g/mol. The first kappa shape index (κ1) is 22.1. The van der Waals surface area contributed by atoms with Gasteiger partial charge in [-0.25, -0.2) is 13.8 Å². The van der Waals surface area contributed by atoms with E-state index in [-0.39, 0.29) is 11.8 Å². The predicted molar refractivity (Wildman–Crippen MR) is 113 cm³/mol. The largest absolute Gasteiger partial charge is 0.353 e. The van der Waals surface area contributed by atoms with E-state index in [1.165, 1.54) is 6.07 Å². The highest BCUT2D eigenvalue weighted by Crippen LogP contribution is 2.18. The minimum atomic E-state index is -0.960. The number of anilines is 1. The summed E-state index contributed by atoms with van der Waals surface area (Å²) in [6.07, 6.45) is 1.72. The summed E-state index contributed by atoms with van der Waals surface area (Å²) in [6.45, 7) is 5.68. The Morgan fingerprint density at radius 2 is 1.70 bits per heavy atom. The molecule has 0 radical (unpaired) electrons. The smallest absolute Gasteiger partial charge is 0.257 e. The van der Waals surface area contributed by atoms with Crippen LogP contribution in [0, 0.1) is 17.6 Å². The van der Waals surface area contributed by atoms with Crippen LogP contribution in [0.25, 0.3) is 0 Å². The molecule has 160 valence electrons. The minimum Gasteiger partial charge on any atom is -0.353 e. The third-order valence-electron chi connectivity index (χ3n) is 5.04. The Bertz CT molecular complexity index is 895. The first-order valence-corrected chi connectivity index (χ1v) is 10.5. The summed E-state index contributed by atoms with van der Waals surface area (Å²) in [5.41, 5.74) is -0.679. The highest BCUT2D eigenvalue weighted by atomic mass is 79.9. The molecule has 1 aliphatic heterocycles. The number of benzene rings is 1. The van der Waals surface area contributed by atoms with E-state index < -0.39 is 29.1 Å². The van der Waals surface area contributed by atoms with Gasteiger partial charge < -0.3 is 15.1 Å². The molecule has 1 fully saturated rings. The van der Waals surface area contributed by atoms with Crippen molar-refractivity contribution in [1.29, 1.82) is 0 Å². The number of piperazine rings is 1. The molecule has 1 unspecified atom stereocenters. The Morgan fingerprint density at radius 1 is 1.07 bits per heavy atom. The van der Waals surface area contributed by atoms with E-state index in [1.807, 2.05) is 12.1 Å². The molecule has 0 aliphatic carbocycles. The second kappa shape index (κ2) is 9.51. The molecular weight excluding hydrogens is 458 g/mol. The van der Waals surface area contributed by atoms with Crippen molar-refractivity contribution in [1.82, 2.24) is 15.2 Å². The van der Waals surface area contributed by atoms with Crippen molar-refractivity contribution in [3.63, 3.8) is 0 Å². The van der Waals surface area contributed by atoms with Crippen molar-refractivity contribution in [3.8, 4) is 0 Å². The van der Waals surface area contributed by atoms with Gasteiger partial charge in [0, 0.05) is 36.8 Å². The van der Waals surface area contributed by atoms with Gasteiger partial charge in [-0.2, -0.15) is 0 Å². The summed E-state index contributed by atoms with van der Waals surface area (Å²) in [4.78, 5) is 33.6. The Balaban J connectivity index is 1.66. The van der Waals surface area contributed by atoms with Gasteiger partial charge in [0.25, 0.3) is 5.91 Å². The maximum Gasteiger partial charge on any atom is 0.257 e. The fraction of sp³-hybridized carbons (Fsp3) is 0.381. The van der Waals surface area contributed by atoms with Gasteiger partial charge in [-0.3, -0.25) is 9.59 Å². The van der Waals surface area contributed by atoms with E-state index in [0.717, 1.165) is 22.4 Å². The van der Waals surface area contributed by atoms with Gasteiger partial charge in [-0.05, 0) is 46.1 Å². The van der Waals surface area contributed by atoms with E-state index in [2.05, 4.69) is 31.1 Å². The lowest BCUT2D eigenvalue weighted by Crippen LogP contribution is -2.56. The summed E-state index contributed by atoms with van der Waals surface area (Å²) in [5.74, 6) is -2.54. The van der Waals surface area contributed by atoms with Crippen LogP contribution < -0.4 is 10.2 Å². The van der Waals surface area contributed by atoms with E-state index in [1.54, 1.807) is 24.9 Å². The standard InChI is InChI=1S/C21H23BrF2N4O2/c1-13(2)19(26-20(29)18-15(23)4-3-5-16(18)24)21(30)28-10-8-27(9-11-28)17-7-6-14(22)12-25-17/h3-7,12-13,19H,8-11H2,1-2H3,(H,26,29). The van der Waals surface area contributed by atoms with Crippen LogP contribution in [0.2, 0.25) is 0 Å². The number of rotatable bonds is 5. The zero-order chi connectivity index (χ0) is 21.8. The van der Waals surface area contributed by atoms with E-state index >= 15 is 0 Å². The van der Waals surface area contributed by atoms with Crippen LogP contribution in [0.1, 0.15) is 24.2 Å². The SMILES string of the molecule is CC(C)C(NC(=O)c1c(F)cccc1F)C(=O)N1CCN(c2ccc(Br)cn2)CC1. The molecule has 0 spiro atoms. The highest BCUT2D eigenvalue weighted by molar-refractivity contribution is 9.10. The van der Waals surface area contributed by atoms with E-state index in [4.69, 9.17) is 0 Å². The van der Waals surface area contributed by atoms with Crippen LogP contribution in [0.5, 0.6) is 0 Å². The molecule has 1 aromatic carbocycles. The molecule has 3 rings (SSSR count). The lowest BCUT2D eigenvalue weighted by molar-refractivity contribution is -0.134. The van der Waals surface area contributed by atoms with Crippen LogP contribution in [0.3, 0.4) is 0 Å². The van der Waals surface area contributed by atoms with Gasteiger partial charge in [-0.1, -0.05) is 19.9 Å². The molecule has 1 N–H and O–H groups in total. The van der Waals surface area contributed by atoms with Crippen molar-refractivity contribution in [2.24, 2.45) is 5.92 Å². The zero-order valence-electron chi connectivity index (χ0n) is 16.7.